The van der Waals surface area contributed by atoms with E-state index in [0.29, 0.717) is 5.69 Å². The first-order valence-electron chi connectivity index (χ1n) is 5.46. The van der Waals surface area contributed by atoms with E-state index in [4.69, 9.17) is 5.73 Å². The molecule has 0 fully saturated rings. The fourth-order valence-corrected chi connectivity index (χ4v) is 1.71. The molecule has 0 saturated carbocycles. The molecule has 2 aromatic rings. The Morgan fingerprint density at radius 2 is 1.67 bits per heavy atom. The molecule has 0 aliphatic carbocycles. The van der Waals surface area contributed by atoms with Crippen LogP contribution in [0.25, 0.3) is 10.9 Å². The van der Waals surface area contributed by atoms with Crippen LogP contribution in [-0.2, 0) is 5.41 Å². The summed E-state index contributed by atoms with van der Waals surface area (Å²) >= 11 is 0. The van der Waals surface area contributed by atoms with Crippen LogP contribution in [0.4, 0.5) is 18.9 Å². The summed E-state index contributed by atoms with van der Waals surface area (Å²) in [5.74, 6) is -4.09. The molecule has 5 heteroatoms. The number of halogens is 3. The maximum Gasteiger partial charge on any atom is 0.195 e. The summed E-state index contributed by atoms with van der Waals surface area (Å²) in [6, 6.07) is 2.35. The molecule has 1 heterocycles. The molecule has 0 aliphatic heterocycles. The summed E-state index contributed by atoms with van der Waals surface area (Å²) in [6.45, 7) is 5.70. The molecule has 1 aromatic heterocycles. The van der Waals surface area contributed by atoms with Crippen LogP contribution in [0.3, 0.4) is 0 Å². The molecule has 18 heavy (non-hydrogen) atoms. The summed E-state index contributed by atoms with van der Waals surface area (Å²) < 4.78 is 39.9. The van der Waals surface area contributed by atoms with Gasteiger partial charge >= 0.3 is 0 Å². The number of pyridine rings is 1. The van der Waals surface area contributed by atoms with Crippen LogP contribution in [0.1, 0.15) is 26.5 Å². The van der Waals surface area contributed by atoms with Gasteiger partial charge in [-0.3, -0.25) is 4.98 Å². The molecule has 0 amide bonds. The molecule has 0 radical (unpaired) electrons. The third-order valence-electron chi connectivity index (χ3n) is 2.73. The minimum absolute atomic E-state index is 0.0244. The van der Waals surface area contributed by atoms with Gasteiger partial charge in [-0.2, -0.15) is 0 Å². The highest BCUT2D eigenvalue weighted by molar-refractivity contribution is 5.91. The second-order valence-electron chi connectivity index (χ2n) is 5.23. The Labute approximate surface area is 103 Å². The number of nitrogens with zero attached hydrogens (tertiary/aromatic N) is 1. The average Bonchev–Trinajstić information content (AvgIpc) is 2.23. The van der Waals surface area contributed by atoms with Gasteiger partial charge in [0, 0.05) is 22.9 Å². The summed E-state index contributed by atoms with van der Waals surface area (Å²) in [6.07, 6.45) is 0. The molecular weight excluding hydrogens is 241 g/mol. The summed E-state index contributed by atoms with van der Waals surface area (Å²) in [7, 11) is 0. The van der Waals surface area contributed by atoms with Crippen molar-refractivity contribution < 1.29 is 13.2 Å². The highest BCUT2D eigenvalue weighted by Gasteiger charge is 2.21. The molecule has 0 saturated heterocycles. The van der Waals surface area contributed by atoms with E-state index in [1.807, 2.05) is 20.8 Å². The fraction of sp³-hybridized carbons (Fsp3) is 0.308. The van der Waals surface area contributed by atoms with Gasteiger partial charge in [-0.1, -0.05) is 20.8 Å². The zero-order valence-electron chi connectivity index (χ0n) is 10.3. The molecule has 1 aromatic carbocycles. The number of nitrogens with two attached hydrogens (primary N) is 1. The first kappa shape index (κ1) is 12.7. The lowest BCUT2D eigenvalue weighted by Gasteiger charge is -2.19. The van der Waals surface area contributed by atoms with Crippen molar-refractivity contribution in [2.45, 2.75) is 26.2 Å². The van der Waals surface area contributed by atoms with Crippen molar-refractivity contribution in [3.63, 3.8) is 0 Å². The Morgan fingerprint density at radius 3 is 2.22 bits per heavy atom. The Balaban J connectivity index is 2.87. The first-order chi connectivity index (χ1) is 8.21. The zero-order valence-corrected chi connectivity index (χ0v) is 10.3. The van der Waals surface area contributed by atoms with Crippen molar-refractivity contribution in [1.29, 1.82) is 0 Å². The van der Waals surface area contributed by atoms with Crippen molar-refractivity contribution >= 4 is 16.6 Å². The van der Waals surface area contributed by atoms with Crippen molar-refractivity contribution in [3.05, 3.63) is 35.3 Å². The molecule has 0 bridgehead atoms. The van der Waals surface area contributed by atoms with E-state index in [2.05, 4.69) is 4.98 Å². The number of hydrogen-bond acceptors (Lipinski definition) is 2. The van der Waals surface area contributed by atoms with Gasteiger partial charge in [-0.05, 0) is 6.07 Å². The first-order valence-corrected chi connectivity index (χ1v) is 5.46. The third-order valence-corrected chi connectivity index (χ3v) is 2.73. The monoisotopic (exact) mass is 254 g/mol. The predicted molar refractivity (Wildman–Crippen MR) is 64.7 cm³/mol. The Morgan fingerprint density at radius 1 is 1.06 bits per heavy atom. The minimum Gasteiger partial charge on any atom is -0.398 e. The second-order valence-corrected chi connectivity index (χ2v) is 5.23. The highest BCUT2D eigenvalue weighted by atomic mass is 19.2. The van der Waals surface area contributed by atoms with Crippen LogP contribution < -0.4 is 5.73 Å². The lowest BCUT2D eigenvalue weighted by Crippen LogP contribution is -2.14. The van der Waals surface area contributed by atoms with E-state index in [1.54, 1.807) is 0 Å². The number of rotatable bonds is 0. The lowest BCUT2D eigenvalue weighted by atomic mass is 9.91. The summed E-state index contributed by atoms with van der Waals surface area (Å²) in [5.41, 5.74) is 6.07. The quantitative estimate of drug-likeness (QED) is 0.730. The predicted octanol–water partition coefficient (Wildman–Crippen LogP) is 3.53. The van der Waals surface area contributed by atoms with Crippen molar-refractivity contribution in [2.75, 3.05) is 5.73 Å². The largest absolute Gasteiger partial charge is 0.398 e. The van der Waals surface area contributed by atoms with Gasteiger partial charge in [-0.15, -0.1) is 0 Å². The number of nitrogen functional groups attached to an aromatic ring is 1. The fourth-order valence-electron chi connectivity index (χ4n) is 1.71. The Bertz CT molecular complexity index is 630. The standard InChI is InChI=1S/C13H13F3N2/c1-13(2,3)9-5-7(17)10-8(18-9)4-6(14)11(15)12(10)16/h4-5H,1-3H3,(H2,17,18). The van der Waals surface area contributed by atoms with Crippen LogP contribution in [-0.4, -0.2) is 4.98 Å². The molecule has 0 atom stereocenters. The maximum atomic E-state index is 13.6. The van der Waals surface area contributed by atoms with Crippen molar-refractivity contribution in [2.24, 2.45) is 0 Å². The molecule has 0 spiro atoms. The van der Waals surface area contributed by atoms with Crippen LogP contribution in [0.15, 0.2) is 12.1 Å². The van der Waals surface area contributed by atoms with Gasteiger partial charge in [-0.25, -0.2) is 13.2 Å². The van der Waals surface area contributed by atoms with Gasteiger partial charge in [0.05, 0.1) is 10.9 Å². The maximum absolute atomic E-state index is 13.6. The van der Waals surface area contributed by atoms with E-state index < -0.39 is 17.5 Å². The van der Waals surface area contributed by atoms with Crippen LogP contribution in [0.2, 0.25) is 0 Å². The number of benzene rings is 1. The smallest absolute Gasteiger partial charge is 0.195 e. The molecule has 2 rings (SSSR count). The van der Waals surface area contributed by atoms with E-state index >= 15 is 0 Å². The Kier molecular flexibility index (Phi) is 2.72. The lowest BCUT2D eigenvalue weighted by molar-refractivity contribution is 0.453. The molecule has 2 N–H and O–H groups in total. The molecular formula is C13H13F3N2. The molecule has 0 aliphatic rings. The minimum atomic E-state index is -1.53. The Hall–Kier alpha value is -1.78. The van der Waals surface area contributed by atoms with E-state index in [1.165, 1.54) is 6.07 Å². The van der Waals surface area contributed by atoms with E-state index in [-0.39, 0.29) is 22.0 Å². The zero-order chi connectivity index (χ0) is 13.7. The second kappa shape index (κ2) is 3.86. The van der Waals surface area contributed by atoms with E-state index in [9.17, 15) is 13.2 Å². The van der Waals surface area contributed by atoms with Gasteiger partial charge in [0.25, 0.3) is 0 Å². The average molecular weight is 254 g/mol. The molecule has 0 unspecified atom stereocenters. The van der Waals surface area contributed by atoms with Crippen LogP contribution in [0, 0.1) is 17.5 Å². The van der Waals surface area contributed by atoms with Gasteiger partial charge < -0.3 is 5.73 Å². The summed E-state index contributed by atoms with van der Waals surface area (Å²) in [5, 5.41) is -0.179. The van der Waals surface area contributed by atoms with Gasteiger partial charge in [0.15, 0.2) is 17.5 Å². The highest BCUT2D eigenvalue weighted by Crippen LogP contribution is 2.30. The molecule has 96 valence electrons. The number of anilines is 1. The summed E-state index contributed by atoms with van der Waals surface area (Å²) in [4.78, 5) is 4.14. The van der Waals surface area contributed by atoms with Crippen LogP contribution in [0.5, 0.6) is 0 Å². The van der Waals surface area contributed by atoms with Crippen molar-refractivity contribution in [3.8, 4) is 0 Å². The number of fused-ring (bicyclic) bond motifs is 1. The van der Waals surface area contributed by atoms with E-state index in [0.717, 1.165) is 6.07 Å². The number of hydrogen-bond donors (Lipinski definition) is 1. The normalized spacial score (nSPS) is 12.1. The topological polar surface area (TPSA) is 38.9 Å². The number of aromatic nitrogens is 1. The van der Waals surface area contributed by atoms with Gasteiger partial charge in [0.2, 0.25) is 0 Å². The van der Waals surface area contributed by atoms with Crippen molar-refractivity contribution in [1.82, 2.24) is 4.98 Å². The SMILES string of the molecule is CC(C)(C)c1cc(N)c2c(F)c(F)c(F)cc2n1. The molecule has 2 nitrogen and oxygen atoms in total. The van der Waals surface area contributed by atoms with Crippen LogP contribution >= 0.6 is 0 Å². The van der Waals surface area contributed by atoms with Gasteiger partial charge in [0.1, 0.15) is 0 Å². The third kappa shape index (κ3) is 1.89.